The highest BCUT2D eigenvalue weighted by Crippen LogP contribution is 2.26. The summed E-state index contributed by atoms with van der Waals surface area (Å²) in [4.78, 5) is 7.84. The van der Waals surface area contributed by atoms with Gasteiger partial charge in [-0.1, -0.05) is 12.8 Å². The topological polar surface area (TPSA) is 40.7 Å². The van der Waals surface area contributed by atoms with Gasteiger partial charge in [0.1, 0.15) is 11.6 Å². The van der Waals surface area contributed by atoms with E-state index in [-0.39, 0.29) is 5.82 Å². The molecule has 1 fully saturated rings. The minimum Gasteiger partial charge on any atom is -0.341 e. The number of benzene rings is 1. The predicted octanol–water partition coefficient (Wildman–Crippen LogP) is 4.18. The Balaban J connectivity index is 1.83. The summed E-state index contributed by atoms with van der Waals surface area (Å²) in [5.41, 5.74) is 1.86. The maximum atomic E-state index is 13.3. The van der Waals surface area contributed by atoms with E-state index >= 15 is 0 Å². The largest absolute Gasteiger partial charge is 0.341 e. The minimum absolute atomic E-state index is 0.251. The van der Waals surface area contributed by atoms with Gasteiger partial charge >= 0.3 is 0 Å². The maximum Gasteiger partial charge on any atom is 0.137 e. The number of imidazole rings is 1. The normalized spacial score (nSPS) is 19.8. The van der Waals surface area contributed by atoms with Crippen LogP contribution in [0.5, 0.6) is 0 Å². The molecule has 0 spiro atoms. The number of nitrogens with zero attached hydrogens (tertiary/aromatic N) is 1. The molecule has 0 radical (unpaired) electrons. The third-order valence-electron chi connectivity index (χ3n) is 3.72. The first-order valence-corrected chi connectivity index (χ1v) is 7.77. The Kier molecular flexibility index (Phi) is 4.17. The number of rotatable bonds is 2. The fourth-order valence-corrected chi connectivity index (χ4v) is 2.96. The van der Waals surface area contributed by atoms with E-state index in [9.17, 15) is 4.39 Å². The number of hydrogen-bond donors (Lipinski definition) is 2. The van der Waals surface area contributed by atoms with Crippen LogP contribution >= 0.6 is 15.9 Å². The van der Waals surface area contributed by atoms with Gasteiger partial charge in [0.15, 0.2) is 0 Å². The highest BCUT2D eigenvalue weighted by molar-refractivity contribution is 9.10. The van der Waals surface area contributed by atoms with Gasteiger partial charge in [-0.25, -0.2) is 9.37 Å². The Bertz CT molecular complexity index is 589. The van der Waals surface area contributed by atoms with Crippen LogP contribution in [0.1, 0.15) is 37.5 Å². The first-order chi connectivity index (χ1) is 9.74. The van der Waals surface area contributed by atoms with Gasteiger partial charge in [-0.05, 0) is 53.5 Å². The highest BCUT2D eigenvalue weighted by atomic mass is 79.9. The zero-order valence-electron chi connectivity index (χ0n) is 11.1. The van der Waals surface area contributed by atoms with Crippen LogP contribution in [0.15, 0.2) is 28.9 Å². The van der Waals surface area contributed by atoms with E-state index in [0.717, 1.165) is 30.0 Å². The quantitative estimate of drug-likeness (QED) is 0.862. The Morgan fingerprint density at radius 2 is 2.15 bits per heavy atom. The molecular weight excluding hydrogens is 321 g/mol. The van der Waals surface area contributed by atoms with Gasteiger partial charge in [0.25, 0.3) is 0 Å². The van der Waals surface area contributed by atoms with Crippen LogP contribution < -0.4 is 5.32 Å². The zero-order valence-corrected chi connectivity index (χ0v) is 12.7. The molecule has 0 amide bonds. The molecule has 106 valence electrons. The Hall–Kier alpha value is -1.20. The average Bonchev–Trinajstić information content (AvgIpc) is 2.78. The molecule has 1 aliphatic heterocycles. The van der Waals surface area contributed by atoms with Gasteiger partial charge in [0.05, 0.1) is 22.4 Å². The zero-order chi connectivity index (χ0) is 13.9. The fraction of sp³-hybridized carbons (Fsp3) is 0.400. The van der Waals surface area contributed by atoms with E-state index in [1.807, 2.05) is 6.20 Å². The van der Waals surface area contributed by atoms with E-state index in [4.69, 9.17) is 0 Å². The predicted molar refractivity (Wildman–Crippen MR) is 80.9 cm³/mol. The number of aromatic amines is 1. The highest BCUT2D eigenvalue weighted by Gasteiger charge is 2.17. The lowest BCUT2D eigenvalue weighted by atomic mass is 10.1. The van der Waals surface area contributed by atoms with Crippen LogP contribution in [0.25, 0.3) is 11.3 Å². The number of H-pyrrole nitrogens is 1. The molecule has 5 heteroatoms. The lowest BCUT2D eigenvalue weighted by Gasteiger charge is -2.12. The molecule has 3 rings (SSSR count). The molecule has 0 aliphatic carbocycles. The SMILES string of the molecule is Fc1ccc(-c2cnc(C3CCCCCN3)[nH]2)cc1Br. The van der Waals surface area contributed by atoms with Gasteiger partial charge in [-0.3, -0.25) is 0 Å². The first kappa shape index (κ1) is 13.8. The van der Waals surface area contributed by atoms with Crippen LogP contribution in [0.4, 0.5) is 4.39 Å². The summed E-state index contributed by atoms with van der Waals surface area (Å²) in [6.07, 6.45) is 6.67. The monoisotopic (exact) mass is 337 g/mol. The number of nitrogens with one attached hydrogen (secondary N) is 2. The Morgan fingerprint density at radius 1 is 1.25 bits per heavy atom. The minimum atomic E-state index is -0.251. The number of hydrogen-bond acceptors (Lipinski definition) is 2. The molecule has 20 heavy (non-hydrogen) atoms. The molecule has 1 aromatic heterocycles. The van der Waals surface area contributed by atoms with Crippen molar-refractivity contribution in [3.05, 3.63) is 40.5 Å². The van der Waals surface area contributed by atoms with Crippen molar-refractivity contribution in [1.29, 1.82) is 0 Å². The molecule has 1 unspecified atom stereocenters. The molecule has 1 saturated heterocycles. The molecule has 2 heterocycles. The van der Waals surface area contributed by atoms with Crippen molar-refractivity contribution in [3.8, 4) is 11.3 Å². The summed E-state index contributed by atoms with van der Waals surface area (Å²) in [5.74, 6) is 0.723. The fourth-order valence-electron chi connectivity index (χ4n) is 2.59. The second kappa shape index (κ2) is 6.06. The van der Waals surface area contributed by atoms with Gasteiger partial charge in [-0.15, -0.1) is 0 Å². The summed E-state index contributed by atoms with van der Waals surface area (Å²) in [7, 11) is 0. The van der Waals surface area contributed by atoms with Crippen molar-refractivity contribution in [1.82, 2.24) is 15.3 Å². The smallest absolute Gasteiger partial charge is 0.137 e. The van der Waals surface area contributed by atoms with Gasteiger partial charge in [0, 0.05) is 5.56 Å². The van der Waals surface area contributed by atoms with E-state index in [2.05, 4.69) is 31.2 Å². The third kappa shape index (κ3) is 2.94. The summed E-state index contributed by atoms with van der Waals surface area (Å²) >= 11 is 3.22. The lowest BCUT2D eigenvalue weighted by Crippen LogP contribution is -2.21. The molecule has 1 aromatic carbocycles. The Morgan fingerprint density at radius 3 is 3.00 bits per heavy atom. The van der Waals surface area contributed by atoms with Crippen LogP contribution in [0.3, 0.4) is 0 Å². The average molecular weight is 338 g/mol. The summed E-state index contributed by atoms with van der Waals surface area (Å²) in [6, 6.07) is 5.30. The standard InChI is InChI=1S/C15H17BrFN3/c16-11-8-10(5-6-12(11)17)14-9-19-15(20-14)13-4-2-1-3-7-18-13/h5-6,8-9,13,18H,1-4,7H2,(H,19,20). The van der Waals surface area contributed by atoms with Crippen molar-refractivity contribution in [2.45, 2.75) is 31.7 Å². The molecular formula is C15H17BrFN3. The van der Waals surface area contributed by atoms with Gasteiger partial charge in [-0.2, -0.15) is 0 Å². The second-order valence-corrected chi connectivity index (χ2v) is 6.02. The Labute approximate surface area is 126 Å². The molecule has 1 aliphatic rings. The van der Waals surface area contributed by atoms with Crippen LogP contribution in [0, 0.1) is 5.82 Å². The van der Waals surface area contributed by atoms with Crippen molar-refractivity contribution in [2.24, 2.45) is 0 Å². The summed E-state index contributed by atoms with van der Waals surface area (Å²) in [6.45, 7) is 1.04. The first-order valence-electron chi connectivity index (χ1n) is 6.98. The molecule has 2 aromatic rings. The number of aromatic nitrogens is 2. The van der Waals surface area contributed by atoms with Crippen molar-refractivity contribution in [2.75, 3.05) is 6.54 Å². The summed E-state index contributed by atoms with van der Waals surface area (Å²) < 4.78 is 13.7. The van der Waals surface area contributed by atoms with Crippen LogP contribution in [0.2, 0.25) is 0 Å². The van der Waals surface area contributed by atoms with E-state index in [1.165, 1.54) is 25.3 Å². The van der Waals surface area contributed by atoms with E-state index in [1.54, 1.807) is 12.1 Å². The second-order valence-electron chi connectivity index (χ2n) is 5.17. The summed E-state index contributed by atoms with van der Waals surface area (Å²) in [5, 5.41) is 3.52. The van der Waals surface area contributed by atoms with Crippen molar-refractivity contribution < 1.29 is 4.39 Å². The molecule has 2 N–H and O–H groups in total. The van der Waals surface area contributed by atoms with Gasteiger partial charge < -0.3 is 10.3 Å². The molecule has 0 bridgehead atoms. The third-order valence-corrected chi connectivity index (χ3v) is 4.32. The van der Waals surface area contributed by atoms with E-state index < -0.39 is 0 Å². The molecule has 0 saturated carbocycles. The maximum absolute atomic E-state index is 13.3. The van der Waals surface area contributed by atoms with Crippen LogP contribution in [-0.4, -0.2) is 16.5 Å². The van der Waals surface area contributed by atoms with Crippen molar-refractivity contribution >= 4 is 15.9 Å². The van der Waals surface area contributed by atoms with Crippen molar-refractivity contribution in [3.63, 3.8) is 0 Å². The van der Waals surface area contributed by atoms with Gasteiger partial charge in [0.2, 0.25) is 0 Å². The molecule has 1 atom stereocenters. The van der Waals surface area contributed by atoms with Crippen LogP contribution in [-0.2, 0) is 0 Å². The molecule has 3 nitrogen and oxygen atoms in total. The lowest BCUT2D eigenvalue weighted by molar-refractivity contribution is 0.512. The van der Waals surface area contributed by atoms with E-state index in [0.29, 0.717) is 10.5 Å². The number of halogens is 2.